The lowest BCUT2D eigenvalue weighted by atomic mass is 9.95. The Balaban J connectivity index is 1.58. The Morgan fingerprint density at radius 1 is 0.771 bits per heavy atom. The lowest BCUT2D eigenvalue weighted by Crippen LogP contribution is -1.99. The number of aromatic nitrogens is 1. The minimum atomic E-state index is 0.231. The summed E-state index contributed by atoms with van der Waals surface area (Å²) in [6.45, 7) is 4.41. The summed E-state index contributed by atoms with van der Waals surface area (Å²) in [5.74, 6) is 0.651. The predicted molar refractivity (Wildman–Crippen MR) is 145 cm³/mol. The first-order valence-corrected chi connectivity index (χ1v) is 12.1. The van der Waals surface area contributed by atoms with E-state index in [2.05, 4.69) is 80.6 Å². The van der Waals surface area contributed by atoms with Crippen molar-refractivity contribution in [1.82, 2.24) is 4.98 Å². The molecule has 0 fully saturated rings. The van der Waals surface area contributed by atoms with E-state index in [4.69, 9.17) is 9.98 Å². The van der Waals surface area contributed by atoms with Crippen molar-refractivity contribution in [1.29, 1.82) is 0 Å². The Bertz CT molecular complexity index is 1600. The minimum Gasteiger partial charge on any atom is -0.507 e. The molecule has 4 aromatic carbocycles. The van der Waals surface area contributed by atoms with E-state index in [0.717, 1.165) is 56.7 Å². The maximum atomic E-state index is 10.7. The summed E-state index contributed by atoms with van der Waals surface area (Å²) in [4.78, 5) is 10.2. The van der Waals surface area contributed by atoms with Gasteiger partial charge in [-0.25, -0.2) is 4.98 Å². The standard InChI is InChI=1S/C32H26N2O/c1-20(2)22-15-16-25-24(17-22)19-29(34-32(25)27-12-6-7-14-30(27)35)26-13-8-11-23-18-28(33-31(23)26)21-9-4-3-5-10-21/h3-17,19-20,35H,18H2,1-2H3. The molecule has 0 saturated heterocycles. The van der Waals surface area contributed by atoms with Crippen LogP contribution in [0.1, 0.15) is 36.5 Å². The van der Waals surface area contributed by atoms with Gasteiger partial charge in [0.15, 0.2) is 0 Å². The van der Waals surface area contributed by atoms with Gasteiger partial charge in [-0.3, -0.25) is 4.99 Å². The van der Waals surface area contributed by atoms with Crippen LogP contribution >= 0.6 is 0 Å². The van der Waals surface area contributed by atoms with Gasteiger partial charge < -0.3 is 5.11 Å². The van der Waals surface area contributed by atoms with Gasteiger partial charge >= 0.3 is 0 Å². The molecule has 5 aromatic rings. The number of nitrogens with zero attached hydrogens (tertiary/aromatic N) is 2. The first-order chi connectivity index (χ1) is 17.1. The second-order valence-corrected chi connectivity index (χ2v) is 9.42. The van der Waals surface area contributed by atoms with E-state index < -0.39 is 0 Å². The van der Waals surface area contributed by atoms with Crippen LogP contribution in [0.5, 0.6) is 5.75 Å². The topological polar surface area (TPSA) is 45.5 Å². The fourth-order valence-electron chi connectivity index (χ4n) is 4.88. The summed E-state index contributed by atoms with van der Waals surface area (Å²) >= 11 is 0. The predicted octanol–water partition coefficient (Wildman–Crippen LogP) is 8.07. The highest BCUT2D eigenvalue weighted by molar-refractivity contribution is 6.08. The zero-order valence-electron chi connectivity index (χ0n) is 19.9. The Kier molecular flexibility index (Phi) is 5.18. The number of aliphatic imine (C=N–C) groups is 1. The number of hydrogen-bond acceptors (Lipinski definition) is 3. The van der Waals surface area contributed by atoms with Crippen LogP contribution in [0.25, 0.3) is 33.3 Å². The molecule has 1 N–H and O–H groups in total. The summed E-state index contributed by atoms with van der Waals surface area (Å²) in [6, 6.07) is 32.8. The summed E-state index contributed by atoms with van der Waals surface area (Å²) in [6.07, 6.45) is 0.810. The summed E-state index contributed by atoms with van der Waals surface area (Å²) in [5, 5.41) is 12.8. The number of phenolic OH excluding ortho intramolecular Hbond substituents is 1. The molecule has 0 saturated carbocycles. The second-order valence-electron chi connectivity index (χ2n) is 9.42. The molecule has 1 aliphatic heterocycles. The fourth-order valence-corrected chi connectivity index (χ4v) is 4.88. The van der Waals surface area contributed by atoms with Gasteiger partial charge in [-0.05, 0) is 46.2 Å². The fraction of sp³-hybridized carbons (Fsp3) is 0.125. The van der Waals surface area contributed by atoms with Gasteiger partial charge in [-0.15, -0.1) is 0 Å². The van der Waals surface area contributed by atoms with E-state index in [0.29, 0.717) is 5.92 Å². The van der Waals surface area contributed by atoms with E-state index in [9.17, 15) is 5.11 Å². The third-order valence-corrected chi connectivity index (χ3v) is 6.79. The van der Waals surface area contributed by atoms with Crippen LogP contribution in [0.2, 0.25) is 0 Å². The summed E-state index contributed by atoms with van der Waals surface area (Å²) < 4.78 is 0. The zero-order valence-corrected chi connectivity index (χ0v) is 19.9. The van der Waals surface area contributed by atoms with Crippen molar-refractivity contribution in [3.63, 3.8) is 0 Å². The molecule has 1 aliphatic rings. The number of benzene rings is 4. The van der Waals surface area contributed by atoms with Crippen LogP contribution in [0.4, 0.5) is 5.69 Å². The van der Waals surface area contributed by atoms with E-state index in [1.165, 1.54) is 11.1 Å². The second kappa shape index (κ2) is 8.52. The van der Waals surface area contributed by atoms with Crippen molar-refractivity contribution < 1.29 is 5.11 Å². The average Bonchev–Trinajstić information content (AvgIpc) is 3.33. The maximum Gasteiger partial charge on any atom is 0.124 e. The van der Waals surface area contributed by atoms with E-state index in [1.807, 2.05) is 24.3 Å². The third-order valence-electron chi connectivity index (χ3n) is 6.79. The number of aromatic hydroxyl groups is 1. The van der Waals surface area contributed by atoms with Crippen LogP contribution in [-0.4, -0.2) is 15.8 Å². The maximum absolute atomic E-state index is 10.7. The van der Waals surface area contributed by atoms with Gasteiger partial charge in [0.1, 0.15) is 5.75 Å². The minimum absolute atomic E-state index is 0.231. The third kappa shape index (κ3) is 3.79. The molecule has 0 amide bonds. The number of pyridine rings is 1. The van der Waals surface area contributed by atoms with Gasteiger partial charge in [-0.1, -0.05) is 92.7 Å². The number of phenols is 1. The quantitative estimate of drug-likeness (QED) is 0.298. The van der Waals surface area contributed by atoms with Crippen LogP contribution in [0.15, 0.2) is 102 Å². The van der Waals surface area contributed by atoms with E-state index in [1.54, 1.807) is 6.07 Å². The molecule has 35 heavy (non-hydrogen) atoms. The highest BCUT2D eigenvalue weighted by atomic mass is 16.3. The largest absolute Gasteiger partial charge is 0.507 e. The number of hydrogen-bond donors (Lipinski definition) is 1. The molecular weight excluding hydrogens is 428 g/mol. The molecule has 2 heterocycles. The smallest absolute Gasteiger partial charge is 0.124 e. The van der Waals surface area contributed by atoms with Crippen LogP contribution in [0, 0.1) is 0 Å². The van der Waals surface area contributed by atoms with E-state index >= 15 is 0 Å². The number of rotatable bonds is 4. The average molecular weight is 455 g/mol. The van der Waals surface area contributed by atoms with Gasteiger partial charge in [-0.2, -0.15) is 0 Å². The SMILES string of the molecule is CC(C)c1ccc2c(-c3ccccc3O)nc(-c3cccc4c3N=C(c3ccccc3)C4)cc2c1. The molecule has 0 atom stereocenters. The first kappa shape index (κ1) is 21.3. The molecular formula is C32H26N2O. The van der Waals surface area contributed by atoms with E-state index in [-0.39, 0.29) is 5.75 Å². The molecule has 0 spiro atoms. The van der Waals surface area contributed by atoms with Crippen molar-refractivity contribution in [2.75, 3.05) is 0 Å². The van der Waals surface area contributed by atoms with Gasteiger partial charge in [0.25, 0.3) is 0 Å². The summed E-state index contributed by atoms with van der Waals surface area (Å²) in [7, 11) is 0. The van der Waals surface area contributed by atoms with Crippen molar-refractivity contribution in [2.45, 2.75) is 26.2 Å². The molecule has 1 aromatic heterocycles. The summed E-state index contributed by atoms with van der Waals surface area (Å²) in [5.41, 5.74) is 9.11. The molecule has 3 nitrogen and oxygen atoms in total. The van der Waals surface area contributed by atoms with Gasteiger partial charge in [0.05, 0.1) is 22.8 Å². The number of para-hydroxylation sites is 2. The molecule has 0 radical (unpaired) electrons. The highest BCUT2D eigenvalue weighted by Gasteiger charge is 2.21. The van der Waals surface area contributed by atoms with Crippen LogP contribution < -0.4 is 0 Å². The normalized spacial score (nSPS) is 12.7. The Hall–Kier alpha value is -4.24. The van der Waals surface area contributed by atoms with Crippen LogP contribution in [-0.2, 0) is 6.42 Å². The Morgan fingerprint density at radius 3 is 2.34 bits per heavy atom. The molecule has 0 bridgehead atoms. The van der Waals surface area contributed by atoms with Crippen molar-refractivity contribution in [3.8, 4) is 28.3 Å². The van der Waals surface area contributed by atoms with Crippen LogP contribution in [0.3, 0.4) is 0 Å². The lowest BCUT2D eigenvalue weighted by Gasteiger charge is -2.14. The number of fused-ring (bicyclic) bond motifs is 2. The molecule has 0 aliphatic carbocycles. The monoisotopic (exact) mass is 454 g/mol. The van der Waals surface area contributed by atoms with Crippen molar-refractivity contribution in [2.24, 2.45) is 4.99 Å². The zero-order chi connectivity index (χ0) is 23.9. The van der Waals surface area contributed by atoms with Gasteiger partial charge in [0, 0.05) is 22.9 Å². The lowest BCUT2D eigenvalue weighted by molar-refractivity contribution is 0.477. The molecule has 170 valence electrons. The Morgan fingerprint density at radius 2 is 1.54 bits per heavy atom. The Labute approximate surface area is 205 Å². The van der Waals surface area contributed by atoms with Crippen molar-refractivity contribution >= 4 is 22.2 Å². The molecule has 3 heteroatoms. The molecule has 0 unspecified atom stereocenters. The highest BCUT2D eigenvalue weighted by Crippen LogP contribution is 2.41. The first-order valence-electron chi connectivity index (χ1n) is 12.1. The van der Waals surface area contributed by atoms with Crippen molar-refractivity contribution in [3.05, 3.63) is 114 Å². The van der Waals surface area contributed by atoms with Gasteiger partial charge in [0.2, 0.25) is 0 Å². The molecule has 6 rings (SSSR count).